The number of methoxy groups -OCH3 is 1. The molecule has 4 atom stereocenters. The van der Waals surface area contributed by atoms with Crippen LogP contribution in [0.25, 0.3) is 11.6 Å². The van der Waals surface area contributed by atoms with E-state index in [4.69, 9.17) is 13.8 Å². The molecule has 2 N–H and O–H groups in total. The van der Waals surface area contributed by atoms with Crippen LogP contribution in [0.1, 0.15) is 36.3 Å². The molecule has 11 nitrogen and oxygen atoms in total. The predicted octanol–water partition coefficient (Wildman–Crippen LogP) is 4.65. The van der Waals surface area contributed by atoms with E-state index in [2.05, 4.69) is 0 Å². The molecule has 0 saturated carbocycles. The number of benzene rings is 2. The summed E-state index contributed by atoms with van der Waals surface area (Å²) >= 11 is 0. The number of carbonyl (C=O) groups excluding carboxylic acids is 2. The Morgan fingerprint density at radius 1 is 1.11 bits per heavy atom. The van der Waals surface area contributed by atoms with Crippen molar-refractivity contribution in [3.05, 3.63) is 105 Å². The Bertz CT molecular complexity index is 1670. The maximum Gasteiger partial charge on any atom is 0.455 e. The number of hydrogen-bond acceptors (Lipinski definition) is 9. The molecule has 0 bridgehead atoms. The van der Waals surface area contributed by atoms with Crippen LogP contribution in [-0.2, 0) is 25.6 Å². The third kappa shape index (κ3) is 6.02. The predicted molar refractivity (Wildman–Crippen MR) is 165 cm³/mol. The SMILES string of the molecule is COCC1=C2[C@@H](CC/C(=C/c3ccc(CO)o3)c3ccccc3)OB(O)C[C@@H]2[C@@H]2C(=O)N(c3cccc([N+](=O)[O-])c3)C(=O)[C@@H]2C1. The standard InChI is InChI=1S/C33H33BN2O9/c1-43-19-22-15-27-31(33(39)35(32(27)38)23-8-5-9-24(16-23)36(41)42)28-17-34(40)45-29(30(22)28)13-10-21(20-6-3-2-4-7-20)14-25-11-12-26(18-37)44-25/h2-9,11-12,14,16,27-29,31,37,40H,10,13,15,17-19H2,1H3/b21-14-/t27-,28+,29-,31-/m1/s1. The number of anilines is 1. The summed E-state index contributed by atoms with van der Waals surface area (Å²) in [6.07, 6.45) is 2.80. The number of nitro groups is 1. The summed E-state index contributed by atoms with van der Waals surface area (Å²) in [7, 11) is 0.418. The lowest BCUT2D eigenvalue weighted by Gasteiger charge is -2.43. The van der Waals surface area contributed by atoms with E-state index in [1.54, 1.807) is 19.2 Å². The van der Waals surface area contributed by atoms with Gasteiger partial charge in [-0.15, -0.1) is 0 Å². The minimum absolute atomic E-state index is 0.139. The van der Waals surface area contributed by atoms with Crippen LogP contribution in [0.4, 0.5) is 11.4 Å². The number of imide groups is 1. The lowest BCUT2D eigenvalue weighted by atomic mass is 9.58. The van der Waals surface area contributed by atoms with E-state index in [1.807, 2.05) is 36.4 Å². The van der Waals surface area contributed by atoms with Crippen LogP contribution in [0.15, 0.2) is 82.3 Å². The van der Waals surface area contributed by atoms with Gasteiger partial charge in [-0.1, -0.05) is 36.4 Å². The summed E-state index contributed by atoms with van der Waals surface area (Å²) in [5.74, 6) is -1.68. The van der Waals surface area contributed by atoms with E-state index in [-0.39, 0.29) is 37.3 Å². The van der Waals surface area contributed by atoms with Gasteiger partial charge in [0.05, 0.1) is 35.2 Å². The molecule has 6 rings (SSSR count). The Balaban J connectivity index is 1.32. The molecule has 0 radical (unpaired) electrons. The van der Waals surface area contributed by atoms with Gasteiger partial charge in [0.15, 0.2) is 0 Å². The number of fused-ring (bicyclic) bond motifs is 3. The Labute approximate surface area is 260 Å². The fourth-order valence-corrected chi connectivity index (χ4v) is 7.04. The average molecular weight is 612 g/mol. The van der Waals surface area contributed by atoms with Gasteiger partial charge in [0, 0.05) is 19.2 Å². The van der Waals surface area contributed by atoms with E-state index in [0.717, 1.165) is 27.2 Å². The van der Waals surface area contributed by atoms with Crippen LogP contribution < -0.4 is 4.90 Å². The number of furan rings is 1. The highest BCUT2D eigenvalue weighted by atomic mass is 16.6. The number of aliphatic hydroxyl groups is 1. The quantitative estimate of drug-likeness (QED) is 0.110. The zero-order chi connectivity index (χ0) is 31.7. The molecule has 0 spiro atoms. The summed E-state index contributed by atoms with van der Waals surface area (Å²) in [5.41, 5.74) is 3.62. The van der Waals surface area contributed by atoms with E-state index in [0.29, 0.717) is 24.4 Å². The first-order chi connectivity index (χ1) is 21.8. The van der Waals surface area contributed by atoms with E-state index >= 15 is 0 Å². The molecule has 0 unspecified atom stereocenters. The molecule has 2 fully saturated rings. The van der Waals surface area contributed by atoms with Gasteiger partial charge in [-0.05, 0) is 78.1 Å². The van der Waals surface area contributed by atoms with Gasteiger partial charge in [0.2, 0.25) is 11.8 Å². The molecule has 2 amide bonds. The van der Waals surface area contributed by atoms with Crippen molar-refractivity contribution in [1.82, 2.24) is 0 Å². The van der Waals surface area contributed by atoms with Crippen molar-refractivity contribution in [3.63, 3.8) is 0 Å². The van der Waals surface area contributed by atoms with Crippen molar-refractivity contribution in [2.24, 2.45) is 17.8 Å². The molecular weight excluding hydrogens is 579 g/mol. The summed E-state index contributed by atoms with van der Waals surface area (Å²) in [4.78, 5) is 39.6. The lowest BCUT2D eigenvalue weighted by Crippen LogP contribution is -2.46. The molecular formula is C33H33BN2O9. The molecule has 3 aromatic rings. The molecule has 1 aliphatic carbocycles. The second kappa shape index (κ2) is 12.9. The van der Waals surface area contributed by atoms with E-state index in [9.17, 15) is 29.8 Å². The number of nitro benzene ring substituents is 1. The molecule has 2 aromatic carbocycles. The second-order valence-electron chi connectivity index (χ2n) is 11.6. The monoisotopic (exact) mass is 612 g/mol. The first kappa shape index (κ1) is 30.7. The molecule has 1 aromatic heterocycles. The van der Waals surface area contributed by atoms with Gasteiger partial charge in [0.1, 0.15) is 18.1 Å². The van der Waals surface area contributed by atoms with Crippen LogP contribution in [0.5, 0.6) is 0 Å². The van der Waals surface area contributed by atoms with Crippen LogP contribution >= 0.6 is 0 Å². The van der Waals surface area contributed by atoms with Gasteiger partial charge in [-0.2, -0.15) is 0 Å². The number of allylic oxidation sites excluding steroid dienone is 1. The number of non-ortho nitro benzene ring substituents is 1. The first-order valence-electron chi connectivity index (χ1n) is 14.9. The third-order valence-corrected chi connectivity index (χ3v) is 8.90. The Kier molecular flexibility index (Phi) is 8.82. The highest BCUT2D eigenvalue weighted by Gasteiger charge is 2.57. The van der Waals surface area contributed by atoms with Crippen molar-refractivity contribution in [3.8, 4) is 0 Å². The summed E-state index contributed by atoms with van der Waals surface area (Å²) in [6, 6.07) is 18.8. The fourth-order valence-electron chi connectivity index (χ4n) is 7.04. The molecule has 3 heterocycles. The fraction of sp³-hybridized carbons (Fsp3) is 0.333. The van der Waals surface area contributed by atoms with Crippen LogP contribution in [0, 0.1) is 27.9 Å². The largest absolute Gasteiger partial charge is 0.459 e. The van der Waals surface area contributed by atoms with Gasteiger partial charge in [-0.3, -0.25) is 19.7 Å². The molecule has 232 valence electrons. The van der Waals surface area contributed by atoms with Gasteiger partial charge >= 0.3 is 7.12 Å². The third-order valence-electron chi connectivity index (χ3n) is 8.90. The van der Waals surface area contributed by atoms with Crippen molar-refractivity contribution >= 4 is 42.0 Å². The zero-order valence-corrected chi connectivity index (χ0v) is 24.7. The number of hydrogen-bond donors (Lipinski definition) is 2. The van der Waals surface area contributed by atoms with Gasteiger partial charge in [-0.25, -0.2) is 4.90 Å². The zero-order valence-electron chi connectivity index (χ0n) is 24.7. The second-order valence-corrected chi connectivity index (χ2v) is 11.6. The summed E-state index contributed by atoms with van der Waals surface area (Å²) in [5, 5.41) is 31.8. The lowest BCUT2D eigenvalue weighted by molar-refractivity contribution is -0.384. The Morgan fingerprint density at radius 3 is 2.62 bits per heavy atom. The number of aliphatic hydroxyl groups excluding tert-OH is 1. The smallest absolute Gasteiger partial charge is 0.455 e. The van der Waals surface area contributed by atoms with Crippen molar-refractivity contribution in [1.29, 1.82) is 0 Å². The van der Waals surface area contributed by atoms with Gasteiger partial charge < -0.3 is 23.9 Å². The van der Waals surface area contributed by atoms with Crippen LogP contribution in [0.2, 0.25) is 6.32 Å². The van der Waals surface area contributed by atoms with Crippen molar-refractivity contribution in [2.75, 3.05) is 18.6 Å². The number of nitrogens with zero attached hydrogens (tertiary/aromatic N) is 2. The highest BCUT2D eigenvalue weighted by Crippen LogP contribution is 2.51. The molecule has 2 aliphatic heterocycles. The Hall–Kier alpha value is -4.36. The molecule has 12 heteroatoms. The first-order valence-corrected chi connectivity index (χ1v) is 14.9. The molecule has 45 heavy (non-hydrogen) atoms. The van der Waals surface area contributed by atoms with Crippen LogP contribution in [-0.4, -0.2) is 53.8 Å². The summed E-state index contributed by atoms with van der Waals surface area (Å²) in [6.45, 7) is 0.0309. The van der Waals surface area contributed by atoms with Gasteiger partial charge in [0.25, 0.3) is 5.69 Å². The summed E-state index contributed by atoms with van der Waals surface area (Å²) < 4.78 is 17.4. The minimum atomic E-state index is -1.15. The Morgan fingerprint density at radius 2 is 1.91 bits per heavy atom. The number of ether oxygens (including phenoxy) is 1. The maximum absolute atomic E-state index is 14.0. The minimum Gasteiger partial charge on any atom is -0.459 e. The van der Waals surface area contributed by atoms with E-state index in [1.165, 1.54) is 24.3 Å². The number of carbonyl (C=O) groups is 2. The molecule has 3 aliphatic rings. The van der Waals surface area contributed by atoms with Crippen molar-refractivity contribution < 1.29 is 38.5 Å². The van der Waals surface area contributed by atoms with E-state index < -0.39 is 47.7 Å². The average Bonchev–Trinajstić information content (AvgIpc) is 3.60. The van der Waals surface area contributed by atoms with Crippen LogP contribution in [0.3, 0.4) is 0 Å². The molecule has 2 saturated heterocycles. The highest BCUT2D eigenvalue weighted by molar-refractivity contribution is 6.43. The van der Waals surface area contributed by atoms with Crippen molar-refractivity contribution in [2.45, 2.75) is 38.3 Å². The topological polar surface area (TPSA) is 153 Å². The normalized spacial score (nSPS) is 23.4. The number of amides is 2. The maximum atomic E-state index is 14.0. The number of rotatable bonds is 10.